The summed E-state index contributed by atoms with van der Waals surface area (Å²) in [5.41, 5.74) is 3.81. The molecule has 3 N–H and O–H groups in total. The minimum absolute atomic E-state index is 0.0209. The smallest absolute Gasteiger partial charge is 0.262 e. The van der Waals surface area contributed by atoms with E-state index >= 15 is 0 Å². The van der Waals surface area contributed by atoms with E-state index in [-0.39, 0.29) is 11.7 Å². The van der Waals surface area contributed by atoms with E-state index in [0.29, 0.717) is 17.7 Å². The zero-order valence-electron chi connectivity index (χ0n) is 13.7. The SMILES string of the molecule is CCC(Nc1ccccc1)C(=O)NN=Cc1cccc(OC)c1O. The van der Waals surface area contributed by atoms with Gasteiger partial charge in [-0.25, -0.2) is 5.43 Å². The van der Waals surface area contributed by atoms with Crippen molar-refractivity contribution in [2.75, 3.05) is 12.4 Å². The molecule has 0 fully saturated rings. The predicted octanol–water partition coefficient (Wildman–Crippen LogP) is 2.74. The number of nitrogens with one attached hydrogen (secondary N) is 2. The monoisotopic (exact) mass is 327 g/mol. The van der Waals surface area contributed by atoms with Gasteiger partial charge in [-0.2, -0.15) is 5.10 Å². The number of hydrogen-bond acceptors (Lipinski definition) is 5. The van der Waals surface area contributed by atoms with Crippen molar-refractivity contribution in [3.63, 3.8) is 0 Å². The Balaban J connectivity index is 1.98. The number of aromatic hydroxyl groups is 1. The fourth-order valence-electron chi connectivity index (χ4n) is 2.14. The summed E-state index contributed by atoms with van der Waals surface area (Å²) in [6.07, 6.45) is 1.99. The van der Waals surface area contributed by atoms with Crippen molar-refractivity contribution in [1.82, 2.24) is 5.43 Å². The number of ether oxygens (including phenoxy) is 1. The van der Waals surface area contributed by atoms with Crippen molar-refractivity contribution in [3.8, 4) is 11.5 Å². The van der Waals surface area contributed by atoms with Gasteiger partial charge in [0.2, 0.25) is 0 Å². The van der Waals surface area contributed by atoms with E-state index in [2.05, 4.69) is 15.8 Å². The minimum atomic E-state index is -0.400. The molecule has 2 aromatic rings. The van der Waals surface area contributed by atoms with Crippen LogP contribution < -0.4 is 15.5 Å². The third kappa shape index (κ3) is 4.49. The quantitative estimate of drug-likeness (QED) is 0.539. The first-order chi connectivity index (χ1) is 11.7. The van der Waals surface area contributed by atoms with E-state index < -0.39 is 6.04 Å². The summed E-state index contributed by atoms with van der Waals surface area (Å²) < 4.78 is 5.03. The van der Waals surface area contributed by atoms with Crippen molar-refractivity contribution in [3.05, 3.63) is 54.1 Å². The molecule has 0 heterocycles. The normalized spacial score (nSPS) is 11.9. The summed E-state index contributed by atoms with van der Waals surface area (Å²) in [5, 5.41) is 17.0. The van der Waals surface area contributed by atoms with Crippen LogP contribution in [-0.4, -0.2) is 30.4 Å². The molecule has 0 saturated heterocycles. The first-order valence-electron chi connectivity index (χ1n) is 7.66. The molecule has 0 spiro atoms. The number of amides is 1. The van der Waals surface area contributed by atoms with E-state index in [1.807, 2.05) is 37.3 Å². The number of carbonyl (C=O) groups excluding carboxylic acids is 1. The fourth-order valence-corrected chi connectivity index (χ4v) is 2.14. The van der Waals surface area contributed by atoms with Crippen LogP contribution in [0.3, 0.4) is 0 Å². The van der Waals surface area contributed by atoms with Gasteiger partial charge < -0.3 is 15.2 Å². The molecular formula is C18H21N3O3. The van der Waals surface area contributed by atoms with Crippen LogP contribution in [0.5, 0.6) is 11.5 Å². The summed E-state index contributed by atoms with van der Waals surface area (Å²) in [7, 11) is 1.47. The van der Waals surface area contributed by atoms with E-state index in [1.54, 1.807) is 18.2 Å². The van der Waals surface area contributed by atoms with Crippen molar-refractivity contribution < 1.29 is 14.6 Å². The van der Waals surface area contributed by atoms with E-state index in [0.717, 1.165) is 5.69 Å². The molecule has 1 atom stereocenters. The van der Waals surface area contributed by atoms with Crippen LogP contribution in [0.2, 0.25) is 0 Å². The number of rotatable bonds is 7. The Hall–Kier alpha value is -3.02. The molecular weight excluding hydrogens is 306 g/mol. The summed E-state index contributed by atoms with van der Waals surface area (Å²) in [4.78, 5) is 12.2. The topological polar surface area (TPSA) is 83.0 Å². The maximum Gasteiger partial charge on any atom is 0.262 e. The van der Waals surface area contributed by atoms with E-state index in [1.165, 1.54) is 13.3 Å². The van der Waals surface area contributed by atoms with Gasteiger partial charge in [0.05, 0.1) is 13.3 Å². The number of hydrazone groups is 1. The number of nitrogens with zero attached hydrogens (tertiary/aromatic N) is 1. The first-order valence-corrected chi connectivity index (χ1v) is 7.66. The van der Waals surface area contributed by atoms with Gasteiger partial charge in [0.1, 0.15) is 6.04 Å². The lowest BCUT2D eigenvalue weighted by atomic mass is 10.2. The van der Waals surface area contributed by atoms with Gasteiger partial charge >= 0.3 is 0 Å². The standard InChI is InChI=1S/C18H21N3O3/c1-3-15(20-14-9-5-4-6-10-14)18(23)21-19-12-13-8-7-11-16(24-2)17(13)22/h4-12,15,20,22H,3H2,1-2H3,(H,21,23). The van der Waals surface area contributed by atoms with Crippen LogP contribution in [0, 0.1) is 0 Å². The van der Waals surface area contributed by atoms with Gasteiger partial charge in [0.15, 0.2) is 11.5 Å². The van der Waals surface area contributed by atoms with Crippen LogP contribution in [0.15, 0.2) is 53.6 Å². The zero-order chi connectivity index (χ0) is 17.4. The Labute approximate surface area is 141 Å². The number of phenolic OH excluding ortho intramolecular Hbond substituents is 1. The third-order valence-electron chi connectivity index (χ3n) is 3.47. The Morgan fingerprint density at radius 1 is 1.25 bits per heavy atom. The molecule has 0 aliphatic carbocycles. The van der Waals surface area contributed by atoms with E-state index in [4.69, 9.17) is 4.74 Å². The Kier molecular flexibility index (Phi) is 6.19. The van der Waals surface area contributed by atoms with Crippen LogP contribution in [0.1, 0.15) is 18.9 Å². The molecule has 0 aromatic heterocycles. The second kappa shape index (κ2) is 8.57. The lowest BCUT2D eigenvalue weighted by molar-refractivity contribution is -0.121. The maximum absolute atomic E-state index is 12.2. The van der Waals surface area contributed by atoms with Crippen LogP contribution in [-0.2, 0) is 4.79 Å². The molecule has 0 saturated carbocycles. The number of anilines is 1. The van der Waals surface area contributed by atoms with Crippen molar-refractivity contribution in [2.24, 2.45) is 5.10 Å². The summed E-state index contributed by atoms with van der Waals surface area (Å²) in [5.74, 6) is 0.0786. The lowest BCUT2D eigenvalue weighted by Crippen LogP contribution is -2.36. The van der Waals surface area contributed by atoms with Gasteiger partial charge in [0, 0.05) is 11.3 Å². The molecule has 0 aliphatic heterocycles. The Morgan fingerprint density at radius 2 is 2.00 bits per heavy atom. The summed E-state index contributed by atoms with van der Waals surface area (Å²) in [6.45, 7) is 1.91. The van der Waals surface area contributed by atoms with Crippen LogP contribution in [0.25, 0.3) is 0 Å². The largest absolute Gasteiger partial charge is 0.504 e. The highest BCUT2D eigenvalue weighted by Crippen LogP contribution is 2.27. The van der Waals surface area contributed by atoms with Gasteiger partial charge in [0.25, 0.3) is 5.91 Å². The molecule has 1 amide bonds. The maximum atomic E-state index is 12.2. The number of phenols is 1. The second-order valence-electron chi connectivity index (χ2n) is 5.10. The highest BCUT2D eigenvalue weighted by Gasteiger charge is 2.15. The Morgan fingerprint density at radius 3 is 2.67 bits per heavy atom. The fraction of sp³-hybridized carbons (Fsp3) is 0.222. The van der Waals surface area contributed by atoms with Crippen LogP contribution in [0.4, 0.5) is 5.69 Å². The van der Waals surface area contributed by atoms with E-state index in [9.17, 15) is 9.90 Å². The molecule has 0 radical (unpaired) electrons. The number of benzene rings is 2. The van der Waals surface area contributed by atoms with Crippen molar-refractivity contribution >= 4 is 17.8 Å². The molecule has 6 heteroatoms. The first kappa shape index (κ1) is 17.3. The molecule has 2 rings (SSSR count). The number of carbonyl (C=O) groups is 1. The van der Waals surface area contributed by atoms with Gasteiger partial charge in [-0.15, -0.1) is 0 Å². The van der Waals surface area contributed by atoms with Crippen molar-refractivity contribution in [1.29, 1.82) is 0 Å². The molecule has 126 valence electrons. The van der Waals surface area contributed by atoms with Gasteiger partial charge in [-0.1, -0.05) is 31.2 Å². The number of methoxy groups -OCH3 is 1. The molecule has 0 aliphatic rings. The number of para-hydroxylation sites is 2. The molecule has 0 bridgehead atoms. The molecule has 1 unspecified atom stereocenters. The lowest BCUT2D eigenvalue weighted by Gasteiger charge is -2.16. The van der Waals surface area contributed by atoms with Gasteiger partial charge in [-0.3, -0.25) is 4.79 Å². The Bertz CT molecular complexity index is 702. The molecule has 6 nitrogen and oxygen atoms in total. The summed E-state index contributed by atoms with van der Waals surface area (Å²) in [6, 6.07) is 14.2. The van der Waals surface area contributed by atoms with Crippen LogP contribution >= 0.6 is 0 Å². The zero-order valence-corrected chi connectivity index (χ0v) is 13.7. The predicted molar refractivity (Wildman–Crippen MR) is 94.5 cm³/mol. The van der Waals surface area contributed by atoms with Crippen molar-refractivity contribution in [2.45, 2.75) is 19.4 Å². The highest BCUT2D eigenvalue weighted by molar-refractivity contribution is 5.88. The molecule has 24 heavy (non-hydrogen) atoms. The molecule has 2 aromatic carbocycles. The minimum Gasteiger partial charge on any atom is -0.504 e. The average molecular weight is 327 g/mol. The summed E-state index contributed by atoms with van der Waals surface area (Å²) >= 11 is 0. The third-order valence-corrected chi connectivity index (χ3v) is 3.47. The second-order valence-corrected chi connectivity index (χ2v) is 5.10. The van der Waals surface area contributed by atoms with Gasteiger partial charge in [-0.05, 0) is 30.7 Å². The highest BCUT2D eigenvalue weighted by atomic mass is 16.5. The number of hydrogen-bond donors (Lipinski definition) is 3. The average Bonchev–Trinajstić information content (AvgIpc) is 2.62.